The Morgan fingerprint density at radius 1 is 1.37 bits per heavy atom. The van der Waals surface area contributed by atoms with Crippen LogP contribution in [-0.4, -0.2) is 41.8 Å². The Labute approximate surface area is 117 Å². The highest BCUT2D eigenvalue weighted by molar-refractivity contribution is 6.30. The molecule has 1 aliphatic heterocycles. The molecule has 0 aromatic heterocycles. The van der Waals surface area contributed by atoms with Gasteiger partial charge in [0.2, 0.25) is 0 Å². The van der Waals surface area contributed by atoms with E-state index in [2.05, 4.69) is 4.90 Å². The molecule has 106 valence electrons. The first-order valence-corrected chi connectivity index (χ1v) is 6.76. The van der Waals surface area contributed by atoms with E-state index in [1.807, 2.05) is 13.8 Å². The zero-order chi connectivity index (χ0) is 14.0. The molecule has 0 spiro atoms. The topological polar surface area (TPSA) is 32.7 Å². The molecule has 1 unspecified atom stereocenters. The van der Waals surface area contributed by atoms with Crippen molar-refractivity contribution in [2.45, 2.75) is 25.5 Å². The van der Waals surface area contributed by atoms with Gasteiger partial charge in [-0.1, -0.05) is 17.7 Å². The fraction of sp³-hybridized carbons (Fsp3) is 0.571. The molecule has 1 N–H and O–H groups in total. The number of aliphatic hydroxyl groups excluding tert-OH is 1. The predicted octanol–water partition coefficient (Wildman–Crippen LogP) is 2.62. The smallest absolute Gasteiger partial charge is 0.130 e. The molecule has 1 atom stereocenters. The summed E-state index contributed by atoms with van der Waals surface area (Å²) >= 11 is 5.74. The van der Waals surface area contributed by atoms with Gasteiger partial charge in [0.25, 0.3) is 0 Å². The number of aliphatic hydroxyl groups is 1. The molecule has 1 fully saturated rings. The van der Waals surface area contributed by atoms with E-state index >= 15 is 0 Å². The minimum Gasteiger partial charge on any atom is -0.386 e. The third-order valence-electron chi connectivity index (χ3n) is 3.75. The fourth-order valence-corrected chi connectivity index (χ4v) is 2.58. The molecular formula is C14H19ClFNO2. The summed E-state index contributed by atoms with van der Waals surface area (Å²) in [6, 6.07) is 4.37. The van der Waals surface area contributed by atoms with Gasteiger partial charge in [-0.3, -0.25) is 4.90 Å². The molecule has 1 heterocycles. The van der Waals surface area contributed by atoms with Gasteiger partial charge in [0.1, 0.15) is 5.82 Å². The van der Waals surface area contributed by atoms with Gasteiger partial charge in [-0.05, 0) is 26.0 Å². The SMILES string of the molecule is CC(C)(C(O)c1ccc(Cl)cc1F)N1CCOCC1. The second-order valence-electron chi connectivity index (χ2n) is 5.32. The van der Waals surface area contributed by atoms with E-state index in [-0.39, 0.29) is 5.56 Å². The molecule has 1 aromatic carbocycles. The van der Waals surface area contributed by atoms with Crippen LogP contribution in [0, 0.1) is 5.82 Å². The van der Waals surface area contributed by atoms with Crippen molar-refractivity contribution in [3.8, 4) is 0 Å². The molecule has 3 nitrogen and oxygen atoms in total. The Morgan fingerprint density at radius 3 is 2.58 bits per heavy atom. The maximum absolute atomic E-state index is 13.9. The molecule has 2 rings (SSSR count). The van der Waals surface area contributed by atoms with Crippen molar-refractivity contribution >= 4 is 11.6 Å². The van der Waals surface area contributed by atoms with Crippen LogP contribution < -0.4 is 0 Å². The number of halogens is 2. The Morgan fingerprint density at radius 2 is 2.00 bits per heavy atom. The largest absolute Gasteiger partial charge is 0.386 e. The van der Waals surface area contributed by atoms with Crippen LogP contribution >= 0.6 is 11.6 Å². The number of hydrogen-bond acceptors (Lipinski definition) is 3. The average Bonchev–Trinajstić information content (AvgIpc) is 2.39. The van der Waals surface area contributed by atoms with Gasteiger partial charge < -0.3 is 9.84 Å². The zero-order valence-corrected chi connectivity index (χ0v) is 12.0. The van der Waals surface area contributed by atoms with Gasteiger partial charge >= 0.3 is 0 Å². The first kappa shape index (κ1) is 14.7. The predicted molar refractivity (Wildman–Crippen MR) is 72.8 cm³/mol. The lowest BCUT2D eigenvalue weighted by Gasteiger charge is -2.43. The number of morpholine rings is 1. The van der Waals surface area contributed by atoms with Crippen molar-refractivity contribution in [3.63, 3.8) is 0 Å². The van der Waals surface area contributed by atoms with E-state index in [0.29, 0.717) is 18.2 Å². The normalized spacial score (nSPS) is 19.4. The van der Waals surface area contributed by atoms with Crippen LogP contribution in [0.3, 0.4) is 0 Å². The maximum Gasteiger partial charge on any atom is 0.130 e. The number of ether oxygens (including phenoxy) is 1. The lowest BCUT2D eigenvalue weighted by atomic mass is 9.89. The van der Waals surface area contributed by atoms with E-state index in [1.54, 1.807) is 12.1 Å². The van der Waals surface area contributed by atoms with Crippen LogP contribution in [0.25, 0.3) is 0 Å². The Hall–Kier alpha value is -0.680. The molecular weight excluding hydrogens is 269 g/mol. The van der Waals surface area contributed by atoms with E-state index < -0.39 is 17.5 Å². The Kier molecular flexibility index (Phi) is 4.46. The Bertz CT molecular complexity index is 447. The molecule has 0 radical (unpaired) electrons. The third kappa shape index (κ3) is 3.08. The van der Waals surface area contributed by atoms with Crippen LogP contribution in [0.2, 0.25) is 5.02 Å². The molecule has 19 heavy (non-hydrogen) atoms. The highest BCUT2D eigenvalue weighted by Crippen LogP contribution is 2.33. The number of rotatable bonds is 3. The summed E-state index contributed by atoms with van der Waals surface area (Å²) in [4.78, 5) is 2.12. The summed E-state index contributed by atoms with van der Waals surface area (Å²) in [5, 5.41) is 10.8. The van der Waals surface area contributed by atoms with E-state index in [1.165, 1.54) is 6.07 Å². The average molecular weight is 288 g/mol. The summed E-state index contributed by atoms with van der Waals surface area (Å²) in [6.07, 6.45) is -0.914. The highest BCUT2D eigenvalue weighted by Gasteiger charge is 2.37. The van der Waals surface area contributed by atoms with Gasteiger partial charge in [-0.25, -0.2) is 4.39 Å². The highest BCUT2D eigenvalue weighted by atomic mass is 35.5. The van der Waals surface area contributed by atoms with E-state index in [4.69, 9.17) is 16.3 Å². The monoisotopic (exact) mass is 287 g/mol. The van der Waals surface area contributed by atoms with Crippen molar-refractivity contribution in [2.24, 2.45) is 0 Å². The molecule has 5 heteroatoms. The first-order valence-electron chi connectivity index (χ1n) is 6.38. The Balaban J connectivity index is 2.23. The summed E-state index contributed by atoms with van der Waals surface area (Å²) in [7, 11) is 0. The van der Waals surface area contributed by atoms with Crippen LogP contribution in [0.4, 0.5) is 4.39 Å². The van der Waals surface area contributed by atoms with E-state index in [0.717, 1.165) is 13.1 Å². The minimum atomic E-state index is -0.914. The molecule has 0 amide bonds. The van der Waals surface area contributed by atoms with Crippen LogP contribution in [0.1, 0.15) is 25.5 Å². The van der Waals surface area contributed by atoms with Crippen molar-refractivity contribution in [1.29, 1.82) is 0 Å². The molecule has 0 bridgehead atoms. The molecule has 1 saturated heterocycles. The second kappa shape index (κ2) is 5.75. The summed E-state index contributed by atoms with van der Waals surface area (Å²) < 4.78 is 19.2. The third-order valence-corrected chi connectivity index (χ3v) is 3.99. The quantitative estimate of drug-likeness (QED) is 0.928. The number of benzene rings is 1. The maximum atomic E-state index is 13.9. The van der Waals surface area contributed by atoms with Crippen LogP contribution in [0.5, 0.6) is 0 Å². The van der Waals surface area contributed by atoms with Gasteiger partial charge in [-0.2, -0.15) is 0 Å². The first-order chi connectivity index (χ1) is 8.93. The van der Waals surface area contributed by atoms with Crippen LogP contribution in [0.15, 0.2) is 18.2 Å². The fourth-order valence-electron chi connectivity index (χ4n) is 2.42. The second-order valence-corrected chi connectivity index (χ2v) is 5.76. The van der Waals surface area contributed by atoms with Crippen LogP contribution in [-0.2, 0) is 4.74 Å². The van der Waals surface area contributed by atoms with E-state index in [9.17, 15) is 9.50 Å². The molecule has 0 aliphatic carbocycles. The van der Waals surface area contributed by atoms with Crippen molar-refractivity contribution in [3.05, 3.63) is 34.6 Å². The lowest BCUT2D eigenvalue weighted by Crippen LogP contribution is -2.53. The van der Waals surface area contributed by atoms with Gasteiger partial charge in [0.15, 0.2) is 0 Å². The minimum absolute atomic E-state index is 0.279. The number of hydrogen-bond donors (Lipinski definition) is 1. The van der Waals surface area contributed by atoms with Crippen molar-refractivity contribution in [2.75, 3.05) is 26.3 Å². The molecule has 1 aliphatic rings. The lowest BCUT2D eigenvalue weighted by molar-refractivity contribution is -0.0639. The molecule has 1 aromatic rings. The zero-order valence-electron chi connectivity index (χ0n) is 11.2. The van der Waals surface area contributed by atoms with Crippen molar-refractivity contribution in [1.82, 2.24) is 4.90 Å². The number of nitrogens with zero attached hydrogens (tertiary/aromatic N) is 1. The van der Waals surface area contributed by atoms with Crippen molar-refractivity contribution < 1.29 is 14.2 Å². The van der Waals surface area contributed by atoms with Gasteiger partial charge in [-0.15, -0.1) is 0 Å². The summed E-state index contributed by atoms with van der Waals surface area (Å²) in [5.41, 5.74) is -0.278. The summed E-state index contributed by atoms with van der Waals surface area (Å²) in [6.45, 7) is 6.57. The molecule has 0 saturated carbocycles. The van der Waals surface area contributed by atoms with Gasteiger partial charge in [0, 0.05) is 29.2 Å². The standard InChI is InChI=1S/C14H19ClFNO2/c1-14(2,17-5-7-19-8-6-17)13(18)11-4-3-10(15)9-12(11)16/h3-4,9,13,18H,5-8H2,1-2H3. The summed E-state index contributed by atoms with van der Waals surface area (Å²) in [5.74, 6) is -0.471. The van der Waals surface area contributed by atoms with Gasteiger partial charge in [0.05, 0.1) is 19.3 Å².